The van der Waals surface area contributed by atoms with Crippen LogP contribution in [0.25, 0.3) is 0 Å². The molecule has 1 saturated heterocycles. The minimum Gasteiger partial charge on any atom is -0.399 e. The molecule has 1 fully saturated rings. The molecule has 0 spiro atoms. The molecule has 0 amide bonds. The third kappa shape index (κ3) is 2.71. The maximum absolute atomic E-state index is 9.05. The van der Waals surface area contributed by atoms with Gasteiger partial charge in [0.2, 0.25) is 0 Å². The second-order valence-electron chi connectivity index (χ2n) is 5.95. The van der Waals surface area contributed by atoms with Gasteiger partial charge in [-0.1, -0.05) is 0 Å². The lowest BCUT2D eigenvalue weighted by molar-refractivity contribution is 0.00578. The predicted molar refractivity (Wildman–Crippen MR) is 75.5 cm³/mol. The smallest absolute Gasteiger partial charge is 0.399 e. The van der Waals surface area contributed by atoms with Gasteiger partial charge in [0.15, 0.2) is 0 Å². The summed E-state index contributed by atoms with van der Waals surface area (Å²) in [4.78, 5) is 4.15. The molecule has 0 aromatic carbocycles. The highest BCUT2D eigenvalue weighted by Crippen LogP contribution is 2.36. The Kier molecular flexibility index (Phi) is 3.87. The Morgan fingerprint density at radius 3 is 2.35 bits per heavy atom. The summed E-state index contributed by atoms with van der Waals surface area (Å²) in [6.07, 6.45) is 0.405. The van der Waals surface area contributed by atoms with Crippen LogP contribution >= 0.6 is 0 Å². The van der Waals surface area contributed by atoms with Gasteiger partial charge in [-0.25, -0.2) is 4.98 Å². The Balaban J connectivity index is 2.35. The summed E-state index contributed by atoms with van der Waals surface area (Å²) in [6.45, 7) is 7.91. The zero-order valence-corrected chi connectivity index (χ0v) is 12.3. The van der Waals surface area contributed by atoms with E-state index in [0.29, 0.717) is 17.8 Å². The summed E-state index contributed by atoms with van der Waals surface area (Å²) in [5.41, 5.74) is 0.881. The van der Waals surface area contributed by atoms with E-state index in [0.717, 1.165) is 5.46 Å². The van der Waals surface area contributed by atoms with Crippen molar-refractivity contribution in [2.24, 2.45) is 0 Å². The van der Waals surface area contributed by atoms with E-state index in [-0.39, 0.29) is 6.61 Å². The van der Waals surface area contributed by atoms with Crippen LogP contribution in [0.3, 0.4) is 0 Å². The Morgan fingerprint density at radius 2 is 1.85 bits per heavy atom. The fraction of sp³-hybridized carbons (Fsp3) is 0.571. The first-order valence-electron chi connectivity index (χ1n) is 6.66. The first kappa shape index (κ1) is 15.0. The van der Waals surface area contributed by atoms with Crippen molar-refractivity contribution in [2.45, 2.75) is 45.3 Å². The van der Waals surface area contributed by atoms with Gasteiger partial charge in [0.05, 0.1) is 11.2 Å². The van der Waals surface area contributed by atoms with Crippen molar-refractivity contribution in [1.82, 2.24) is 4.98 Å². The molecule has 106 valence electrons. The van der Waals surface area contributed by atoms with Gasteiger partial charge in [-0.3, -0.25) is 0 Å². The largest absolute Gasteiger partial charge is 0.495 e. The van der Waals surface area contributed by atoms with Gasteiger partial charge in [0, 0.05) is 18.7 Å². The minimum atomic E-state index is -0.521. The van der Waals surface area contributed by atoms with Gasteiger partial charge in [-0.15, -0.1) is 0 Å². The summed E-state index contributed by atoms with van der Waals surface area (Å²) in [5.74, 6) is 0. The molecule has 5 nitrogen and oxygen atoms in total. The lowest BCUT2D eigenvalue weighted by atomic mass is 9.78. The number of aromatic nitrogens is 1. The van der Waals surface area contributed by atoms with E-state index in [1.54, 1.807) is 6.07 Å². The predicted octanol–water partition coefficient (Wildman–Crippen LogP) is 0.787. The Bertz CT molecular complexity index is 536. The fourth-order valence-electron chi connectivity index (χ4n) is 2.03. The molecule has 0 bridgehead atoms. The number of hydrogen-bond acceptors (Lipinski definition) is 5. The summed E-state index contributed by atoms with van der Waals surface area (Å²) in [5, 5.41) is 18.1. The van der Waals surface area contributed by atoms with E-state index in [1.165, 1.54) is 0 Å². The first-order valence-corrected chi connectivity index (χ1v) is 6.66. The highest BCUT2D eigenvalue weighted by Gasteiger charge is 2.51. The van der Waals surface area contributed by atoms with E-state index in [1.807, 2.05) is 39.8 Å². The van der Waals surface area contributed by atoms with Crippen LogP contribution in [0.5, 0.6) is 0 Å². The standard InChI is InChI=1S/C14H19BN2O3/c1-13(2)14(3,4)20-15(19-13)10-7-11(5-6-18)17-12(8-10)9-16/h7-8,18H,5-6H2,1-4H3. The van der Waals surface area contributed by atoms with Crippen LogP contribution in [0, 0.1) is 11.3 Å². The molecule has 1 N–H and O–H groups in total. The molecule has 1 aromatic heterocycles. The summed E-state index contributed by atoms with van der Waals surface area (Å²) in [6, 6.07) is 5.52. The number of aliphatic hydroxyl groups is 1. The lowest BCUT2D eigenvalue weighted by Crippen LogP contribution is -2.41. The average Bonchev–Trinajstić information content (AvgIpc) is 2.58. The molecule has 2 rings (SSSR count). The van der Waals surface area contributed by atoms with E-state index < -0.39 is 18.3 Å². The van der Waals surface area contributed by atoms with Gasteiger partial charge in [-0.05, 0) is 45.3 Å². The number of rotatable bonds is 3. The van der Waals surface area contributed by atoms with Crippen molar-refractivity contribution in [2.75, 3.05) is 6.61 Å². The summed E-state index contributed by atoms with van der Waals surface area (Å²) in [7, 11) is -0.521. The number of nitriles is 1. The van der Waals surface area contributed by atoms with Crippen molar-refractivity contribution in [3.8, 4) is 6.07 Å². The Morgan fingerprint density at radius 1 is 1.25 bits per heavy atom. The van der Waals surface area contributed by atoms with E-state index in [9.17, 15) is 0 Å². The molecule has 0 aliphatic carbocycles. The zero-order chi connectivity index (χ0) is 15.0. The maximum Gasteiger partial charge on any atom is 0.495 e. The second-order valence-corrected chi connectivity index (χ2v) is 5.95. The average molecular weight is 274 g/mol. The number of pyridine rings is 1. The summed E-state index contributed by atoms with van der Waals surface area (Å²) < 4.78 is 11.9. The highest BCUT2D eigenvalue weighted by atomic mass is 16.7. The van der Waals surface area contributed by atoms with Crippen molar-refractivity contribution < 1.29 is 14.4 Å². The molecule has 0 unspecified atom stereocenters. The van der Waals surface area contributed by atoms with Gasteiger partial charge in [-0.2, -0.15) is 5.26 Å². The van der Waals surface area contributed by atoms with Crippen molar-refractivity contribution >= 4 is 12.6 Å². The van der Waals surface area contributed by atoms with Crippen LogP contribution < -0.4 is 5.46 Å². The van der Waals surface area contributed by atoms with Gasteiger partial charge < -0.3 is 14.4 Å². The minimum absolute atomic E-state index is 0.00924. The molecule has 6 heteroatoms. The number of aliphatic hydroxyl groups excluding tert-OH is 1. The quantitative estimate of drug-likeness (QED) is 0.825. The van der Waals surface area contributed by atoms with Crippen LogP contribution in [0.4, 0.5) is 0 Å². The van der Waals surface area contributed by atoms with Crippen LogP contribution in [0.15, 0.2) is 12.1 Å². The van der Waals surface area contributed by atoms with Crippen molar-refractivity contribution in [3.05, 3.63) is 23.5 Å². The SMILES string of the molecule is CC1(C)OB(c2cc(C#N)nc(CCO)c2)OC1(C)C. The number of nitrogens with zero attached hydrogens (tertiary/aromatic N) is 2. The van der Waals surface area contributed by atoms with E-state index in [2.05, 4.69) is 4.98 Å². The zero-order valence-electron chi connectivity index (χ0n) is 12.3. The van der Waals surface area contributed by atoms with Crippen LogP contribution in [0.1, 0.15) is 39.1 Å². The molecule has 1 aliphatic rings. The van der Waals surface area contributed by atoms with Crippen molar-refractivity contribution in [1.29, 1.82) is 5.26 Å². The molecular formula is C14H19BN2O3. The topological polar surface area (TPSA) is 75.4 Å². The van der Waals surface area contributed by atoms with Gasteiger partial charge >= 0.3 is 7.12 Å². The molecule has 20 heavy (non-hydrogen) atoms. The third-order valence-electron chi connectivity index (χ3n) is 3.91. The molecular weight excluding hydrogens is 255 g/mol. The number of hydrogen-bond donors (Lipinski definition) is 1. The first-order chi connectivity index (χ1) is 9.29. The normalized spacial score (nSPS) is 19.9. The Labute approximate surface area is 119 Å². The monoisotopic (exact) mass is 274 g/mol. The molecule has 0 radical (unpaired) electrons. The van der Waals surface area contributed by atoms with Crippen LogP contribution in [-0.2, 0) is 15.7 Å². The Hall–Kier alpha value is -1.42. The maximum atomic E-state index is 9.05. The van der Waals surface area contributed by atoms with Crippen LogP contribution in [0.2, 0.25) is 0 Å². The third-order valence-corrected chi connectivity index (χ3v) is 3.91. The van der Waals surface area contributed by atoms with Gasteiger partial charge in [0.1, 0.15) is 11.8 Å². The van der Waals surface area contributed by atoms with Gasteiger partial charge in [0.25, 0.3) is 0 Å². The molecule has 0 atom stereocenters. The van der Waals surface area contributed by atoms with E-state index in [4.69, 9.17) is 19.7 Å². The molecule has 0 saturated carbocycles. The molecule has 2 heterocycles. The van der Waals surface area contributed by atoms with Crippen LogP contribution in [-0.4, -0.2) is 35.0 Å². The summed E-state index contributed by atoms with van der Waals surface area (Å²) >= 11 is 0. The second kappa shape index (κ2) is 5.17. The lowest BCUT2D eigenvalue weighted by Gasteiger charge is -2.32. The molecule has 1 aromatic rings. The van der Waals surface area contributed by atoms with Crippen molar-refractivity contribution in [3.63, 3.8) is 0 Å². The highest BCUT2D eigenvalue weighted by molar-refractivity contribution is 6.62. The molecule has 1 aliphatic heterocycles. The van der Waals surface area contributed by atoms with E-state index >= 15 is 0 Å². The fourth-order valence-corrected chi connectivity index (χ4v) is 2.03.